The Morgan fingerprint density at radius 1 is 0.971 bits per heavy atom. The molecule has 3 aromatic carbocycles. The number of ether oxygens (including phenoxy) is 2. The Bertz CT molecular complexity index is 1140. The van der Waals surface area contributed by atoms with E-state index in [1.54, 1.807) is 48.5 Å². The van der Waals surface area contributed by atoms with Gasteiger partial charge in [-0.3, -0.25) is 10.2 Å². The molecule has 7 heteroatoms. The molecule has 0 aliphatic rings. The standard InChI is InChI=1S/C27H29N3O4/c1-3-4-10-24(27(32)33-2)34-23-16-15-21(18-11-13-19(14-12-18)25(28)29)17-22(23)30-26(31)20-8-6-5-7-9-20/h5-9,11-17,24H,3-4,10H2,1-2H3,(H3,28,29)(H,30,31). The van der Waals surface area contributed by atoms with Crippen LogP contribution in [0.4, 0.5) is 5.69 Å². The summed E-state index contributed by atoms with van der Waals surface area (Å²) >= 11 is 0. The van der Waals surface area contributed by atoms with Crippen molar-refractivity contribution in [3.63, 3.8) is 0 Å². The number of hydrogen-bond acceptors (Lipinski definition) is 5. The number of benzene rings is 3. The first-order chi connectivity index (χ1) is 16.4. The number of anilines is 1. The fourth-order valence-corrected chi connectivity index (χ4v) is 3.44. The quantitative estimate of drug-likeness (QED) is 0.224. The number of nitrogen functional groups attached to an aromatic ring is 1. The minimum Gasteiger partial charge on any atom is -0.477 e. The summed E-state index contributed by atoms with van der Waals surface area (Å²) in [6, 6.07) is 21.5. The van der Waals surface area contributed by atoms with Crippen molar-refractivity contribution in [1.82, 2.24) is 0 Å². The molecule has 7 nitrogen and oxygen atoms in total. The molecule has 0 spiro atoms. The zero-order chi connectivity index (χ0) is 24.5. The first kappa shape index (κ1) is 24.5. The van der Waals surface area contributed by atoms with Crippen LogP contribution in [0.3, 0.4) is 0 Å². The van der Waals surface area contributed by atoms with E-state index < -0.39 is 12.1 Å². The van der Waals surface area contributed by atoms with Crippen molar-refractivity contribution in [3.05, 3.63) is 83.9 Å². The molecule has 0 saturated heterocycles. The van der Waals surface area contributed by atoms with Gasteiger partial charge >= 0.3 is 5.97 Å². The van der Waals surface area contributed by atoms with Gasteiger partial charge in [-0.1, -0.05) is 61.9 Å². The predicted molar refractivity (Wildman–Crippen MR) is 133 cm³/mol. The Morgan fingerprint density at radius 2 is 1.65 bits per heavy atom. The number of nitrogens with two attached hydrogens (primary N) is 1. The fourth-order valence-electron chi connectivity index (χ4n) is 3.44. The second-order valence-electron chi connectivity index (χ2n) is 7.79. The molecule has 0 fully saturated rings. The van der Waals surface area contributed by atoms with Crippen LogP contribution in [0.5, 0.6) is 5.75 Å². The number of carbonyl (C=O) groups is 2. The molecule has 1 atom stereocenters. The first-order valence-corrected chi connectivity index (χ1v) is 11.1. The van der Waals surface area contributed by atoms with Gasteiger partial charge in [-0.2, -0.15) is 0 Å². The van der Waals surface area contributed by atoms with Crippen LogP contribution in [0.15, 0.2) is 72.8 Å². The molecule has 0 aromatic heterocycles. The van der Waals surface area contributed by atoms with E-state index in [0.29, 0.717) is 29.0 Å². The second-order valence-corrected chi connectivity index (χ2v) is 7.79. The van der Waals surface area contributed by atoms with E-state index in [4.69, 9.17) is 20.6 Å². The normalized spacial score (nSPS) is 11.4. The van der Waals surface area contributed by atoms with Gasteiger partial charge in [0, 0.05) is 11.1 Å². The average Bonchev–Trinajstić information content (AvgIpc) is 2.87. The summed E-state index contributed by atoms with van der Waals surface area (Å²) in [5.74, 6) is -0.387. The average molecular weight is 460 g/mol. The van der Waals surface area contributed by atoms with Crippen LogP contribution in [0.1, 0.15) is 42.1 Å². The van der Waals surface area contributed by atoms with Crippen molar-refractivity contribution in [1.29, 1.82) is 5.41 Å². The van der Waals surface area contributed by atoms with E-state index in [2.05, 4.69) is 5.32 Å². The lowest BCUT2D eigenvalue weighted by Gasteiger charge is -2.20. The molecule has 3 aromatic rings. The van der Waals surface area contributed by atoms with Crippen molar-refractivity contribution in [3.8, 4) is 16.9 Å². The highest BCUT2D eigenvalue weighted by Gasteiger charge is 2.23. The van der Waals surface area contributed by atoms with Crippen LogP contribution in [0, 0.1) is 5.41 Å². The molecule has 3 rings (SSSR count). The Morgan fingerprint density at radius 3 is 2.26 bits per heavy atom. The molecule has 34 heavy (non-hydrogen) atoms. The van der Waals surface area contributed by atoms with Crippen LogP contribution < -0.4 is 15.8 Å². The molecule has 0 heterocycles. The molecule has 1 amide bonds. The largest absolute Gasteiger partial charge is 0.477 e. The highest BCUT2D eigenvalue weighted by atomic mass is 16.6. The summed E-state index contributed by atoms with van der Waals surface area (Å²) in [4.78, 5) is 25.2. The van der Waals surface area contributed by atoms with Gasteiger partial charge in [-0.15, -0.1) is 0 Å². The van der Waals surface area contributed by atoms with Crippen LogP contribution in [-0.2, 0) is 9.53 Å². The predicted octanol–water partition coefficient (Wildman–Crippen LogP) is 5.00. The fraction of sp³-hybridized carbons (Fsp3) is 0.222. The smallest absolute Gasteiger partial charge is 0.347 e. The van der Waals surface area contributed by atoms with Gasteiger partial charge in [0.1, 0.15) is 11.6 Å². The third kappa shape index (κ3) is 6.22. The molecule has 0 aliphatic carbocycles. The van der Waals surface area contributed by atoms with Gasteiger partial charge in [0.25, 0.3) is 5.91 Å². The molecular formula is C27H29N3O4. The minimum atomic E-state index is -0.780. The van der Waals surface area contributed by atoms with Gasteiger partial charge in [-0.05, 0) is 48.2 Å². The zero-order valence-corrected chi connectivity index (χ0v) is 19.3. The molecule has 1 unspecified atom stereocenters. The van der Waals surface area contributed by atoms with Crippen LogP contribution in [-0.4, -0.2) is 30.9 Å². The topological polar surface area (TPSA) is 114 Å². The van der Waals surface area contributed by atoms with Crippen molar-refractivity contribution in [2.24, 2.45) is 5.73 Å². The maximum Gasteiger partial charge on any atom is 0.347 e. The number of hydrogen-bond donors (Lipinski definition) is 3. The lowest BCUT2D eigenvalue weighted by Crippen LogP contribution is -2.29. The van der Waals surface area contributed by atoms with Crippen molar-refractivity contribution in [2.45, 2.75) is 32.3 Å². The third-order valence-electron chi connectivity index (χ3n) is 5.35. The molecule has 0 aliphatic heterocycles. The van der Waals surface area contributed by atoms with E-state index >= 15 is 0 Å². The van der Waals surface area contributed by atoms with E-state index in [9.17, 15) is 9.59 Å². The van der Waals surface area contributed by atoms with Crippen LogP contribution >= 0.6 is 0 Å². The minimum absolute atomic E-state index is 0.00737. The van der Waals surface area contributed by atoms with E-state index in [1.807, 2.05) is 31.2 Å². The summed E-state index contributed by atoms with van der Waals surface area (Å²) in [7, 11) is 1.33. The summed E-state index contributed by atoms with van der Waals surface area (Å²) < 4.78 is 11.0. The number of esters is 1. The molecule has 0 bridgehead atoms. The van der Waals surface area contributed by atoms with Gasteiger partial charge in [-0.25, -0.2) is 4.79 Å². The molecule has 176 valence electrons. The summed E-state index contributed by atoms with van der Waals surface area (Å²) in [6.45, 7) is 2.03. The Hall–Kier alpha value is -4.13. The van der Waals surface area contributed by atoms with Crippen molar-refractivity contribution >= 4 is 23.4 Å². The Labute approximate surface area is 199 Å². The summed E-state index contributed by atoms with van der Waals surface area (Å²) in [6.07, 6.45) is 1.43. The maximum absolute atomic E-state index is 12.9. The van der Waals surface area contributed by atoms with Gasteiger partial charge in [0.15, 0.2) is 6.10 Å². The lowest BCUT2D eigenvalue weighted by molar-refractivity contribution is -0.149. The molecule has 0 saturated carbocycles. The molecular weight excluding hydrogens is 430 g/mol. The number of methoxy groups -OCH3 is 1. The first-order valence-electron chi connectivity index (χ1n) is 11.1. The highest BCUT2D eigenvalue weighted by Crippen LogP contribution is 2.33. The SMILES string of the molecule is CCCCC(Oc1ccc(-c2ccc(C(=N)N)cc2)cc1NC(=O)c1ccccc1)C(=O)OC. The number of amides is 1. The molecule has 0 radical (unpaired) electrons. The highest BCUT2D eigenvalue weighted by molar-refractivity contribution is 6.05. The maximum atomic E-state index is 12.9. The van der Waals surface area contributed by atoms with Gasteiger partial charge < -0.3 is 20.5 Å². The van der Waals surface area contributed by atoms with Crippen molar-refractivity contribution in [2.75, 3.05) is 12.4 Å². The zero-order valence-electron chi connectivity index (χ0n) is 19.3. The Kier molecular flexibility index (Phi) is 8.40. The van der Waals surface area contributed by atoms with E-state index in [0.717, 1.165) is 24.0 Å². The monoisotopic (exact) mass is 459 g/mol. The number of carbonyl (C=O) groups excluding carboxylic acids is 2. The van der Waals surface area contributed by atoms with Crippen LogP contribution in [0.2, 0.25) is 0 Å². The van der Waals surface area contributed by atoms with E-state index in [1.165, 1.54) is 7.11 Å². The number of amidine groups is 1. The number of unbranched alkanes of at least 4 members (excludes halogenated alkanes) is 1. The number of nitrogens with one attached hydrogen (secondary N) is 2. The molecule has 4 N–H and O–H groups in total. The van der Waals surface area contributed by atoms with Crippen LogP contribution in [0.25, 0.3) is 11.1 Å². The second kappa shape index (κ2) is 11.7. The summed E-state index contributed by atoms with van der Waals surface area (Å²) in [5.41, 5.74) is 8.82. The van der Waals surface area contributed by atoms with E-state index in [-0.39, 0.29) is 11.7 Å². The Balaban J connectivity index is 1.97. The lowest BCUT2D eigenvalue weighted by atomic mass is 10.0. The van der Waals surface area contributed by atoms with Gasteiger partial charge in [0.05, 0.1) is 12.8 Å². The number of rotatable bonds is 10. The van der Waals surface area contributed by atoms with Gasteiger partial charge in [0.2, 0.25) is 0 Å². The van der Waals surface area contributed by atoms with Crippen molar-refractivity contribution < 1.29 is 19.1 Å². The summed E-state index contributed by atoms with van der Waals surface area (Å²) in [5, 5.41) is 10.5. The third-order valence-corrected chi connectivity index (χ3v) is 5.35.